The maximum absolute atomic E-state index is 4.39. The molecule has 19 heavy (non-hydrogen) atoms. The summed E-state index contributed by atoms with van der Waals surface area (Å²) in [5.74, 6) is 1.07. The van der Waals surface area contributed by atoms with Crippen LogP contribution in [-0.4, -0.2) is 48.8 Å². The molecule has 2 aliphatic heterocycles. The third-order valence-electron chi connectivity index (χ3n) is 4.01. The van der Waals surface area contributed by atoms with E-state index in [1.54, 1.807) is 6.33 Å². The fraction of sp³-hybridized carbons (Fsp3) is 0.583. The Morgan fingerprint density at radius 3 is 3.37 bits per heavy atom. The summed E-state index contributed by atoms with van der Waals surface area (Å²) in [6.07, 6.45) is 4.61. The van der Waals surface area contributed by atoms with Gasteiger partial charge in [-0.15, -0.1) is 10.2 Å². The molecule has 100 valence electrons. The van der Waals surface area contributed by atoms with E-state index in [4.69, 9.17) is 0 Å². The van der Waals surface area contributed by atoms with Crippen molar-refractivity contribution in [1.29, 1.82) is 0 Å². The number of rotatable bonds is 2. The van der Waals surface area contributed by atoms with Crippen molar-refractivity contribution < 1.29 is 0 Å². The van der Waals surface area contributed by atoms with Crippen molar-refractivity contribution in [2.75, 3.05) is 13.1 Å². The highest BCUT2D eigenvalue weighted by Gasteiger charge is 2.24. The van der Waals surface area contributed by atoms with Crippen molar-refractivity contribution in [1.82, 2.24) is 34.9 Å². The number of nitrogens with zero attached hydrogens (tertiary/aromatic N) is 5. The average Bonchev–Trinajstić information content (AvgIpc) is 3.05. The Hall–Kier alpha value is -1.73. The minimum Gasteiger partial charge on any atom is -0.347 e. The van der Waals surface area contributed by atoms with Gasteiger partial charge < -0.3 is 14.9 Å². The van der Waals surface area contributed by atoms with Crippen LogP contribution in [0.25, 0.3) is 0 Å². The maximum Gasteiger partial charge on any atom is 0.147 e. The first-order chi connectivity index (χ1) is 9.38. The van der Waals surface area contributed by atoms with E-state index in [-0.39, 0.29) is 0 Å². The number of hydrogen-bond acceptors (Lipinski definition) is 5. The highest BCUT2D eigenvalue weighted by molar-refractivity contribution is 5.16. The summed E-state index contributed by atoms with van der Waals surface area (Å²) in [7, 11) is 0. The van der Waals surface area contributed by atoms with Crippen LogP contribution in [0.15, 0.2) is 12.7 Å². The van der Waals surface area contributed by atoms with Gasteiger partial charge in [0.05, 0.1) is 24.3 Å². The van der Waals surface area contributed by atoms with Gasteiger partial charge in [0.25, 0.3) is 0 Å². The van der Waals surface area contributed by atoms with E-state index >= 15 is 0 Å². The van der Waals surface area contributed by atoms with E-state index in [2.05, 4.69) is 34.9 Å². The van der Waals surface area contributed by atoms with Crippen molar-refractivity contribution in [3.8, 4) is 0 Å². The lowest BCUT2D eigenvalue weighted by Crippen LogP contribution is -2.46. The van der Waals surface area contributed by atoms with Crippen molar-refractivity contribution >= 4 is 0 Å². The summed E-state index contributed by atoms with van der Waals surface area (Å²) in [4.78, 5) is 10.0. The molecule has 0 bridgehead atoms. The minimum atomic E-state index is 0.477. The molecule has 0 saturated heterocycles. The summed E-state index contributed by atoms with van der Waals surface area (Å²) in [5, 5.41) is 11.7. The number of nitrogens with one attached hydrogen (secondary N) is 2. The lowest BCUT2D eigenvalue weighted by molar-refractivity contribution is 0.190. The van der Waals surface area contributed by atoms with Gasteiger partial charge in [-0.3, -0.25) is 4.90 Å². The Bertz CT molecular complexity index is 522. The molecule has 4 rings (SSSR count). The standard InChI is InChI=1S/C12H17N7/c1-2-19-8-16-17-12(19)6-18(1)5-9-3-10-11(4-13-9)15-7-14-10/h7-9,13H,1-6H2,(H,14,15). The molecule has 0 radical (unpaired) electrons. The highest BCUT2D eigenvalue weighted by Crippen LogP contribution is 2.15. The zero-order chi connectivity index (χ0) is 12.7. The first-order valence-corrected chi connectivity index (χ1v) is 6.72. The predicted octanol–water partition coefficient (Wildman–Crippen LogP) is -0.469. The molecule has 0 saturated carbocycles. The van der Waals surface area contributed by atoms with Crippen LogP contribution in [0, 0.1) is 0 Å². The second-order valence-corrected chi connectivity index (χ2v) is 5.29. The summed E-state index contributed by atoms with van der Waals surface area (Å²) >= 11 is 0. The monoisotopic (exact) mass is 259 g/mol. The average molecular weight is 259 g/mol. The van der Waals surface area contributed by atoms with Gasteiger partial charge >= 0.3 is 0 Å². The Kier molecular flexibility index (Phi) is 2.59. The molecule has 0 spiro atoms. The predicted molar refractivity (Wildman–Crippen MR) is 68.2 cm³/mol. The van der Waals surface area contributed by atoms with Crippen molar-refractivity contribution in [3.05, 3.63) is 29.9 Å². The zero-order valence-corrected chi connectivity index (χ0v) is 10.7. The van der Waals surface area contributed by atoms with Crippen LogP contribution in [0.4, 0.5) is 0 Å². The Balaban J connectivity index is 1.41. The van der Waals surface area contributed by atoms with E-state index in [1.165, 1.54) is 11.4 Å². The van der Waals surface area contributed by atoms with Gasteiger partial charge in [-0.25, -0.2) is 4.98 Å². The van der Waals surface area contributed by atoms with E-state index in [0.717, 1.165) is 45.0 Å². The highest BCUT2D eigenvalue weighted by atomic mass is 15.3. The van der Waals surface area contributed by atoms with Gasteiger partial charge in [0.15, 0.2) is 0 Å². The van der Waals surface area contributed by atoms with Crippen molar-refractivity contribution in [3.63, 3.8) is 0 Å². The van der Waals surface area contributed by atoms with Crippen LogP contribution in [0.1, 0.15) is 17.2 Å². The quantitative estimate of drug-likeness (QED) is 0.763. The van der Waals surface area contributed by atoms with Crippen LogP contribution in [0.5, 0.6) is 0 Å². The number of aromatic nitrogens is 5. The molecule has 7 heteroatoms. The topological polar surface area (TPSA) is 74.7 Å². The molecule has 2 N–H and O–H groups in total. The number of hydrogen-bond donors (Lipinski definition) is 2. The van der Waals surface area contributed by atoms with Crippen molar-refractivity contribution in [2.24, 2.45) is 0 Å². The number of fused-ring (bicyclic) bond motifs is 2. The molecule has 0 aliphatic carbocycles. The fourth-order valence-electron chi connectivity index (χ4n) is 2.94. The second-order valence-electron chi connectivity index (χ2n) is 5.29. The van der Waals surface area contributed by atoms with Crippen molar-refractivity contribution in [2.45, 2.75) is 32.1 Å². The van der Waals surface area contributed by atoms with E-state index < -0.39 is 0 Å². The summed E-state index contributed by atoms with van der Waals surface area (Å²) in [6, 6.07) is 0.477. The number of aromatic amines is 1. The molecule has 0 aromatic carbocycles. The molecule has 2 aromatic rings. The Morgan fingerprint density at radius 1 is 1.37 bits per heavy atom. The van der Waals surface area contributed by atoms with E-state index in [0.29, 0.717) is 6.04 Å². The van der Waals surface area contributed by atoms with Crippen LogP contribution in [0.3, 0.4) is 0 Å². The molecule has 0 amide bonds. The molecule has 2 aromatic heterocycles. The maximum atomic E-state index is 4.39. The molecule has 1 atom stereocenters. The summed E-state index contributed by atoms with van der Waals surface area (Å²) in [5.41, 5.74) is 2.44. The zero-order valence-electron chi connectivity index (χ0n) is 10.7. The van der Waals surface area contributed by atoms with Crippen LogP contribution in [0.2, 0.25) is 0 Å². The Morgan fingerprint density at radius 2 is 2.37 bits per heavy atom. The lowest BCUT2D eigenvalue weighted by Gasteiger charge is -2.32. The molecule has 7 nitrogen and oxygen atoms in total. The molecule has 1 unspecified atom stereocenters. The first-order valence-electron chi connectivity index (χ1n) is 6.72. The smallest absolute Gasteiger partial charge is 0.147 e. The molecular formula is C12H17N7. The lowest BCUT2D eigenvalue weighted by atomic mass is 10.0. The normalized spacial score (nSPS) is 23.1. The molecule has 4 heterocycles. The van der Waals surface area contributed by atoms with Crippen LogP contribution < -0.4 is 5.32 Å². The summed E-state index contributed by atoms with van der Waals surface area (Å²) in [6.45, 7) is 4.88. The van der Waals surface area contributed by atoms with Gasteiger partial charge in [-0.1, -0.05) is 0 Å². The van der Waals surface area contributed by atoms with Gasteiger partial charge in [0.1, 0.15) is 12.2 Å². The Labute approximate surface area is 111 Å². The number of imidazole rings is 1. The minimum absolute atomic E-state index is 0.477. The second kappa shape index (κ2) is 4.43. The molecule has 2 aliphatic rings. The third-order valence-corrected chi connectivity index (χ3v) is 4.01. The number of H-pyrrole nitrogens is 1. The first kappa shape index (κ1) is 11.1. The third kappa shape index (κ3) is 2.04. The summed E-state index contributed by atoms with van der Waals surface area (Å²) < 4.78 is 2.14. The largest absolute Gasteiger partial charge is 0.347 e. The van der Waals surface area contributed by atoms with Crippen LogP contribution in [-0.2, 0) is 26.1 Å². The van der Waals surface area contributed by atoms with Gasteiger partial charge in [-0.05, 0) is 0 Å². The van der Waals surface area contributed by atoms with Gasteiger partial charge in [-0.2, -0.15) is 0 Å². The van der Waals surface area contributed by atoms with Gasteiger partial charge in [0, 0.05) is 38.6 Å². The fourth-order valence-corrected chi connectivity index (χ4v) is 2.94. The SMILES string of the molecule is c1nc2c([nH]1)CNC(CN1CCn3cnnc3C1)C2. The van der Waals surface area contributed by atoms with Gasteiger partial charge in [0.2, 0.25) is 0 Å². The molecular weight excluding hydrogens is 242 g/mol. The van der Waals surface area contributed by atoms with E-state index in [9.17, 15) is 0 Å². The van der Waals surface area contributed by atoms with E-state index in [1.807, 2.05) is 6.33 Å². The van der Waals surface area contributed by atoms with Crippen LogP contribution >= 0.6 is 0 Å². The molecule has 0 fully saturated rings.